The highest BCUT2D eigenvalue weighted by atomic mass is 35.5. The molecule has 51 heavy (non-hydrogen) atoms. The van der Waals surface area contributed by atoms with Crippen LogP contribution >= 0.6 is 31.5 Å². The first-order chi connectivity index (χ1) is 24.6. The third-order valence-corrected chi connectivity index (χ3v) is 9.75. The van der Waals surface area contributed by atoms with Crippen molar-refractivity contribution in [1.82, 2.24) is 9.55 Å². The molecular formula is C37H34Cl2N2O9P+. The summed E-state index contributed by atoms with van der Waals surface area (Å²) in [6, 6.07) is 29.2. The third-order valence-electron chi connectivity index (χ3n) is 8.51. The molecule has 4 atom stereocenters. The lowest BCUT2D eigenvalue weighted by atomic mass is 9.80. The molecule has 2 heterocycles. The van der Waals surface area contributed by atoms with Gasteiger partial charge in [0.2, 0.25) is 0 Å². The first-order valence-corrected chi connectivity index (χ1v) is 17.7. The van der Waals surface area contributed by atoms with E-state index in [2.05, 4.69) is 4.98 Å². The van der Waals surface area contributed by atoms with Gasteiger partial charge in [-0.3, -0.25) is 14.3 Å². The number of aryl methyl sites for hydroxylation is 1. The van der Waals surface area contributed by atoms with Gasteiger partial charge in [-0.1, -0.05) is 77.8 Å². The van der Waals surface area contributed by atoms with Crippen LogP contribution in [-0.4, -0.2) is 42.6 Å². The van der Waals surface area contributed by atoms with E-state index in [-0.39, 0.29) is 18.8 Å². The summed E-state index contributed by atoms with van der Waals surface area (Å²) < 4.78 is 50.5. The number of hydrogen-bond donors (Lipinski definition) is 1. The summed E-state index contributed by atoms with van der Waals surface area (Å²) >= 11 is 12.2. The number of benzene rings is 4. The molecule has 1 aliphatic heterocycles. The molecule has 0 saturated carbocycles. The number of methoxy groups -OCH3 is 2. The first kappa shape index (κ1) is 36.3. The molecule has 5 aromatic rings. The van der Waals surface area contributed by atoms with Gasteiger partial charge in [0.25, 0.3) is 5.56 Å². The topological polar surface area (TPSA) is 127 Å². The zero-order valence-corrected chi connectivity index (χ0v) is 30.2. The molecule has 14 heteroatoms. The number of halogens is 2. The number of ether oxygens (including phenoxy) is 4. The summed E-state index contributed by atoms with van der Waals surface area (Å²) in [5.74, 6) is 1.47. The van der Waals surface area contributed by atoms with Crippen LogP contribution in [0.3, 0.4) is 0 Å². The highest BCUT2D eigenvalue weighted by Crippen LogP contribution is 2.44. The summed E-state index contributed by atoms with van der Waals surface area (Å²) in [7, 11) is 0.407. The number of aromatic nitrogens is 2. The van der Waals surface area contributed by atoms with Crippen molar-refractivity contribution in [3.05, 3.63) is 156 Å². The summed E-state index contributed by atoms with van der Waals surface area (Å²) in [6.45, 7) is 1.48. The van der Waals surface area contributed by atoms with Crippen LogP contribution in [0.4, 0.5) is 0 Å². The minimum absolute atomic E-state index is 0.0730. The zero-order chi connectivity index (χ0) is 36.1. The minimum Gasteiger partial charge on any atom is -0.497 e. The van der Waals surface area contributed by atoms with Gasteiger partial charge in [0.15, 0.2) is 5.75 Å². The number of aromatic amines is 1. The predicted molar refractivity (Wildman–Crippen MR) is 192 cm³/mol. The SMILES string of the molecule is COc1ccc(C(OC[C@H]2O[C@@H](n3cc(C)c(=O)[nH]c3=O)C[C@@H]2O[P+](=O)Oc2cc(Cl)cc(Cl)c2)(c2ccccc2)c2ccc(OC)cc2)cc1. The second kappa shape index (κ2) is 15.8. The number of hydrogen-bond acceptors (Lipinski definition) is 9. The minimum atomic E-state index is -2.78. The standard InChI is InChI=1S/C37H33Cl2N2O9P/c1-23-21-41(36(43)40-35(23)42)34-20-32(50-51(44)49-31-18-27(38)17-28(39)19-31)33(48-34)22-47-37(24-7-5-4-6-8-24,25-9-13-29(45-2)14-10-25)26-11-15-30(46-3)16-12-26/h4-19,21,32-34H,20,22H2,1-3H3/p+1/t32-,33+,34+/m0/s1. The highest BCUT2D eigenvalue weighted by molar-refractivity contribution is 7.33. The quantitative estimate of drug-likeness (QED) is 0.0957. The molecule has 0 radical (unpaired) electrons. The fourth-order valence-corrected chi connectivity index (χ4v) is 7.28. The molecule has 6 rings (SSSR count). The lowest BCUT2D eigenvalue weighted by Gasteiger charge is -2.37. The average Bonchev–Trinajstić information content (AvgIpc) is 3.52. The van der Waals surface area contributed by atoms with Crippen molar-refractivity contribution in [3.63, 3.8) is 0 Å². The number of nitrogens with one attached hydrogen (secondary N) is 1. The van der Waals surface area contributed by atoms with Gasteiger partial charge in [-0.05, 0) is 53.9 Å². The van der Waals surface area contributed by atoms with Crippen molar-refractivity contribution in [2.45, 2.75) is 37.4 Å². The fourth-order valence-electron chi connectivity index (χ4n) is 6.01. The third kappa shape index (κ3) is 8.05. The largest absolute Gasteiger partial charge is 0.750 e. The Balaban J connectivity index is 1.39. The van der Waals surface area contributed by atoms with E-state index in [4.69, 9.17) is 51.2 Å². The van der Waals surface area contributed by atoms with E-state index in [1.54, 1.807) is 21.1 Å². The van der Waals surface area contributed by atoms with Crippen molar-refractivity contribution >= 4 is 31.5 Å². The maximum Gasteiger partial charge on any atom is 0.750 e. The van der Waals surface area contributed by atoms with Gasteiger partial charge in [-0.15, -0.1) is 4.52 Å². The van der Waals surface area contributed by atoms with E-state index in [0.29, 0.717) is 27.1 Å². The van der Waals surface area contributed by atoms with Crippen LogP contribution in [0, 0.1) is 6.92 Å². The zero-order valence-electron chi connectivity index (χ0n) is 27.8. The Hall–Kier alpha value is -4.48. The van der Waals surface area contributed by atoms with Crippen LogP contribution in [0.2, 0.25) is 10.0 Å². The maximum atomic E-state index is 13.3. The van der Waals surface area contributed by atoms with Gasteiger partial charge in [0.05, 0.1) is 20.8 Å². The van der Waals surface area contributed by atoms with Crippen LogP contribution in [-0.2, 0) is 24.2 Å². The van der Waals surface area contributed by atoms with E-state index >= 15 is 0 Å². The molecule has 1 unspecified atom stereocenters. The van der Waals surface area contributed by atoms with Crippen molar-refractivity contribution in [3.8, 4) is 17.2 Å². The fraction of sp³-hybridized carbons (Fsp3) is 0.243. The highest BCUT2D eigenvalue weighted by Gasteiger charge is 2.47. The van der Waals surface area contributed by atoms with Crippen molar-refractivity contribution in [2.24, 2.45) is 0 Å². The molecule has 1 fully saturated rings. The maximum absolute atomic E-state index is 13.3. The first-order valence-electron chi connectivity index (χ1n) is 15.8. The molecule has 264 valence electrons. The van der Waals surface area contributed by atoms with E-state index < -0.39 is 43.5 Å². The normalized spacial score (nSPS) is 17.6. The Bertz CT molecular complexity index is 2040. The molecule has 1 N–H and O–H groups in total. The summed E-state index contributed by atoms with van der Waals surface area (Å²) in [5.41, 5.74) is 0.313. The van der Waals surface area contributed by atoms with E-state index in [1.165, 1.54) is 29.0 Å². The molecular weight excluding hydrogens is 718 g/mol. The number of H-pyrrole nitrogens is 1. The average molecular weight is 753 g/mol. The molecule has 1 aliphatic rings. The predicted octanol–water partition coefficient (Wildman–Crippen LogP) is 7.59. The second-order valence-corrected chi connectivity index (χ2v) is 13.4. The van der Waals surface area contributed by atoms with Gasteiger partial charge in [0.1, 0.15) is 35.5 Å². The van der Waals surface area contributed by atoms with Crippen LogP contribution in [0.5, 0.6) is 17.2 Å². The van der Waals surface area contributed by atoms with E-state index in [9.17, 15) is 14.2 Å². The lowest BCUT2D eigenvalue weighted by Crippen LogP contribution is -2.38. The summed E-state index contributed by atoms with van der Waals surface area (Å²) in [5, 5.41) is 0.581. The van der Waals surface area contributed by atoms with Gasteiger partial charge in [0, 0.05) is 44.9 Å². The molecule has 0 amide bonds. The Kier molecular flexibility index (Phi) is 11.3. The van der Waals surface area contributed by atoms with Gasteiger partial charge >= 0.3 is 13.9 Å². The van der Waals surface area contributed by atoms with Crippen LogP contribution in [0.15, 0.2) is 113 Å². The molecule has 0 aliphatic carbocycles. The Labute approximate surface area is 304 Å². The van der Waals surface area contributed by atoms with Gasteiger partial charge in [-0.2, -0.15) is 0 Å². The van der Waals surface area contributed by atoms with Gasteiger partial charge in [-0.25, -0.2) is 9.32 Å². The Morgan fingerprint density at radius 3 is 1.98 bits per heavy atom. The van der Waals surface area contributed by atoms with Gasteiger partial charge < -0.3 is 18.9 Å². The van der Waals surface area contributed by atoms with E-state index in [0.717, 1.165) is 16.7 Å². The molecule has 0 bridgehead atoms. The lowest BCUT2D eigenvalue weighted by molar-refractivity contribution is -0.0916. The number of nitrogens with zero attached hydrogens (tertiary/aromatic N) is 1. The van der Waals surface area contributed by atoms with Crippen molar-refractivity contribution in [1.29, 1.82) is 0 Å². The summed E-state index contributed by atoms with van der Waals surface area (Å²) in [6.07, 6.45) is -1.18. The van der Waals surface area contributed by atoms with Crippen LogP contribution in [0.25, 0.3) is 0 Å². The van der Waals surface area contributed by atoms with Crippen LogP contribution < -0.4 is 25.2 Å². The molecule has 1 aromatic heterocycles. The summed E-state index contributed by atoms with van der Waals surface area (Å²) in [4.78, 5) is 27.4. The molecule has 0 spiro atoms. The number of rotatable bonds is 13. The molecule has 4 aromatic carbocycles. The van der Waals surface area contributed by atoms with Crippen molar-refractivity contribution < 1.29 is 32.6 Å². The molecule has 11 nitrogen and oxygen atoms in total. The van der Waals surface area contributed by atoms with Crippen molar-refractivity contribution in [2.75, 3.05) is 20.8 Å². The second-order valence-electron chi connectivity index (χ2n) is 11.7. The Morgan fingerprint density at radius 1 is 0.843 bits per heavy atom. The molecule has 1 saturated heterocycles. The monoisotopic (exact) mass is 751 g/mol. The van der Waals surface area contributed by atoms with E-state index in [1.807, 2.05) is 78.9 Å². The Morgan fingerprint density at radius 2 is 1.41 bits per heavy atom. The van der Waals surface area contributed by atoms with Crippen LogP contribution in [0.1, 0.15) is 34.9 Å². The smallest absolute Gasteiger partial charge is 0.497 e.